The van der Waals surface area contributed by atoms with E-state index in [0.29, 0.717) is 6.20 Å². The molecule has 1 rings (SSSR count). The van der Waals surface area contributed by atoms with E-state index in [9.17, 15) is 22.0 Å². The Labute approximate surface area is 85.9 Å². The van der Waals surface area contributed by atoms with Crippen LogP contribution >= 0.6 is 11.6 Å². The van der Waals surface area contributed by atoms with Crippen molar-refractivity contribution in [1.82, 2.24) is 4.98 Å². The summed E-state index contributed by atoms with van der Waals surface area (Å²) in [5, 5.41) is -0.432. The second kappa shape index (κ2) is 3.80. The lowest BCUT2D eigenvalue weighted by molar-refractivity contribution is -0.143. The molecule has 0 amide bonds. The van der Waals surface area contributed by atoms with E-state index < -0.39 is 34.6 Å². The molecule has 0 bridgehead atoms. The van der Waals surface area contributed by atoms with Crippen molar-refractivity contribution in [2.45, 2.75) is 12.6 Å². The van der Waals surface area contributed by atoms with Gasteiger partial charge in [-0.3, -0.25) is 0 Å². The molecule has 0 aliphatic heterocycles. The van der Waals surface area contributed by atoms with Crippen LogP contribution in [0, 0.1) is 0 Å². The number of hydrogen-bond acceptors (Lipinski definition) is 2. The Balaban J connectivity index is 3.47. The zero-order valence-electron chi connectivity index (χ0n) is 6.95. The van der Waals surface area contributed by atoms with Crippen molar-refractivity contribution in [3.8, 4) is 0 Å². The number of anilines is 1. The Kier molecular flexibility index (Phi) is 3.03. The number of nitrogen functional groups attached to an aromatic ring is 1. The third kappa shape index (κ3) is 2.28. The highest BCUT2D eigenvalue weighted by molar-refractivity contribution is 6.33. The molecule has 0 fully saturated rings. The lowest BCUT2D eigenvalue weighted by Crippen LogP contribution is -2.14. The first-order chi connectivity index (χ1) is 6.75. The van der Waals surface area contributed by atoms with Crippen molar-refractivity contribution in [1.29, 1.82) is 0 Å². The topological polar surface area (TPSA) is 38.9 Å². The molecule has 1 heterocycles. The van der Waals surface area contributed by atoms with Gasteiger partial charge in [-0.2, -0.15) is 13.2 Å². The van der Waals surface area contributed by atoms with E-state index >= 15 is 0 Å². The van der Waals surface area contributed by atoms with Gasteiger partial charge in [-0.25, -0.2) is 13.8 Å². The molecule has 0 saturated carbocycles. The smallest absolute Gasteiger partial charge is 0.397 e. The van der Waals surface area contributed by atoms with Crippen LogP contribution in [0.5, 0.6) is 0 Å². The molecule has 1 aromatic rings. The quantitative estimate of drug-likeness (QED) is 0.773. The van der Waals surface area contributed by atoms with Gasteiger partial charge in [0.2, 0.25) is 0 Å². The second-order valence-corrected chi connectivity index (χ2v) is 2.99. The van der Waals surface area contributed by atoms with Crippen LogP contribution in [0.1, 0.15) is 17.7 Å². The lowest BCUT2D eigenvalue weighted by Gasteiger charge is -2.13. The summed E-state index contributed by atoms with van der Waals surface area (Å²) >= 11 is 5.29. The number of nitrogens with zero attached hydrogens (tertiary/aromatic N) is 1. The first-order valence-electron chi connectivity index (χ1n) is 3.54. The fourth-order valence-corrected chi connectivity index (χ4v) is 1.11. The number of halogens is 6. The minimum Gasteiger partial charge on any atom is -0.397 e. The van der Waals surface area contributed by atoms with E-state index in [2.05, 4.69) is 4.98 Å². The largest absolute Gasteiger partial charge is 0.433 e. The second-order valence-electron chi connectivity index (χ2n) is 2.58. The van der Waals surface area contributed by atoms with Crippen LogP contribution in [0.25, 0.3) is 0 Å². The third-order valence-electron chi connectivity index (χ3n) is 1.60. The van der Waals surface area contributed by atoms with Gasteiger partial charge in [-0.1, -0.05) is 11.6 Å². The molecular weight excluding hydrogens is 243 g/mol. The first kappa shape index (κ1) is 12.0. The average Bonchev–Trinajstić information content (AvgIpc) is 2.06. The monoisotopic (exact) mass is 246 g/mol. The number of aromatic nitrogens is 1. The van der Waals surface area contributed by atoms with E-state index in [0.717, 1.165) is 0 Å². The van der Waals surface area contributed by atoms with Gasteiger partial charge in [0.05, 0.1) is 16.3 Å². The van der Waals surface area contributed by atoms with Crippen molar-refractivity contribution in [3.63, 3.8) is 0 Å². The summed E-state index contributed by atoms with van der Waals surface area (Å²) in [6.07, 6.45) is -7.77. The van der Waals surface area contributed by atoms with Crippen molar-refractivity contribution >= 4 is 17.3 Å². The first-order valence-corrected chi connectivity index (χ1v) is 3.92. The van der Waals surface area contributed by atoms with Crippen LogP contribution in [0.15, 0.2) is 6.20 Å². The maximum atomic E-state index is 12.3. The Morgan fingerprint density at radius 1 is 1.33 bits per heavy atom. The summed E-state index contributed by atoms with van der Waals surface area (Å²) in [6.45, 7) is 0. The molecule has 0 aliphatic carbocycles. The summed E-state index contributed by atoms with van der Waals surface area (Å²) in [5.41, 5.74) is 1.14. The molecule has 8 heteroatoms. The highest BCUT2D eigenvalue weighted by Gasteiger charge is 2.39. The lowest BCUT2D eigenvalue weighted by atomic mass is 10.1. The van der Waals surface area contributed by atoms with E-state index in [1.807, 2.05) is 0 Å². The molecule has 1 aromatic heterocycles. The molecular formula is C7H4ClF5N2. The summed E-state index contributed by atoms with van der Waals surface area (Å²) < 4.78 is 61.3. The van der Waals surface area contributed by atoms with Crippen molar-refractivity contribution in [3.05, 3.63) is 22.5 Å². The predicted octanol–water partition coefficient (Wildman–Crippen LogP) is 3.27. The van der Waals surface area contributed by atoms with Crippen LogP contribution in [-0.4, -0.2) is 4.98 Å². The van der Waals surface area contributed by atoms with E-state index in [1.165, 1.54) is 0 Å². The molecule has 2 nitrogen and oxygen atoms in total. The van der Waals surface area contributed by atoms with Gasteiger partial charge in [0.25, 0.3) is 6.43 Å². The molecule has 0 saturated heterocycles. The highest BCUT2D eigenvalue weighted by Crippen LogP contribution is 2.39. The molecule has 0 aromatic carbocycles. The van der Waals surface area contributed by atoms with Crippen LogP contribution in [0.3, 0.4) is 0 Å². The minimum atomic E-state index is -4.98. The summed E-state index contributed by atoms with van der Waals surface area (Å²) in [5.74, 6) is 0. The van der Waals surface area contributed by atoms with Crippen LogP contribution in [0.2, 0.25) is 5.02 Å². The zero-order chi connectivity index (χ0) is 11.8. The number of alkyl halides is 5. The van der Waals surface area contributed by atoms with Crippen LogP contribution < -0.4 is 5.73 Å². The molecule has 0 aliphatic rings. The molecule has 0 spiro atoms. The van der Waals surface area contributed by atoms with Crippen LogP contribution in [-0.2, 0) is 6.18 Å². The standard InChI is InChI=1S/C7H4ClF5N2/c8-2-1-15-5(7(11,12)13)3(4(2)14)6(9)10/h1,6H,(H2,14,15). The Morgan fingerprint density at radius 2 is 1.87 bits per heavy atom. The molecule has 0 radical (unpaired) electrons. The maximum absolute atomic E-state index is 12.3. The molecule has 2 N–H and O–H groups in total. The summed E-state index contributed by atoms with van der Waals surface area (Å²) in [7, 11) is 0. The van der Waals surface area contributed by atoms with Crippen molar-refractivity contribution in [2.24, 2.45) is 0 Å². The zero-order valence-corrected chi connectivity index (χ0v) is 7.70. The SMILES string of the molecule is Nc1c(Cl)cnc(C(F)(F)F)c1C(F)F. The van der Waals surface area contributed by atoms with Crippen molar-refractivity contribution < 1.29 is 22.0 Å². The summed E-state index contributed by atoms with van der Waals surface area (Å²) in [6, 6.07) is 0. The number of rotatable bonds is 1. The molecule has 0 atom stereocenters. The van der Waals surface area contributed by atoms with Gasteiger partial charge in [-0.05, 0) is 0 Å². The van der Waals surface area contributed by atoms with Crippen molar-refractivity contribution in [2.75, 3.05) is 5.73 Å². The molecule has 84 valence electrons. The van der Waals surface area contributed by atoms with Gasteiger partial charge < -0.3 is 5.73 Å². The number of hydrogen-bond donors (Lipinski definition) is 1. The Hall–Kier alpha value is -1.11. The van der Waals surface area contributed by atoms with E-state index in [1.54, 1.807) is 0 Å². The van der Waals surface area contributed by atoms with E-state index in [-0.39, 0.29) is 0 Å². The van der Waals surface area contributed by atoms with Gasteiger partial charge in [0.1, 0.15) is 0 Å². The fraction of sp³-hybridized carbons (Fsp3) is 0.286. The summed E-state index contributed by atoms with van der Waals surface area (Å²) in [4.78, 5) is 2.81. The Morgan fingerprint density at radius 3 is 2.27 bits per heavy atom. The normalized spacial score (nSPS) is 12.2. The predicted molar refractivity (Wildman–Crippen MR) is 43.6 cm³/mol. The average molecular weight is 247 g/mol. The highest BCUT2D eigenvalue weighted by atomic mass is 35.5. The number of pyridine rings is 1. The molecule has 15 heavy (non-hydrogen) atoms. The van der Waals surface area contributed by atoms with E-state index in [4.69, 9.17) is 17.3 Å². The maximum Gasteiger partial charge on any atom is 0.433 e. The number of nitrogens with two attached hydrogens (primary N) is 1. The Bertz CT molecular complexity index is 376. The molecule has 0 unspecified atom stereocenters. The van der Waals surface area contributed by atoms with Gasteiger partial charge in [0.15, 0.2) is 5.69 Å². The van der Waals surface area contributed by atoms with Gasteiger partial charge in [0, 0.05) is 6.20 Å². The third-order valence-corrected chi connectivity index (χ3v) is 1.90. The minimum absolute atomic E-state index is 0.432. The fourth-order valence-electron chi connectivity index (χ4n) is 0.963. The van der Waals surface area contributed by atoms with Crippen LogP contribution in [0.4, 0.5) is 27.6 Å². The van der Waals surface area contributed by atoms with Gasteiger partial charge >= 0.3 is 6.18 Å². The van der Waals surface area contributed by atoms with Gasteiger partial charge in [-0.15, -0.1) is 0 Å².